The van der Waals surface area contributed by atoms with Crippen LogP contribution >= 0.6 is 0 Å². The van der Waals surface area contributed by atoms with Gasteiger partial charge in [-0.3, -0.25) is 9.48 Å². The molecule has 60 valence electrons. The number of aryl methyl sites for hydroxylation is 1. The molecule has 0 aromatic carbocycles. The predicted molar refractivity (Wildman–Crippen MR) is 37.8 cm³/mol. The summed E-state index contributed by atoms with van der Waals surface area (Å²) in [6.07, 6.45) is 3.03. The Labute approximate surface area is 63.4 Å². The van der Waals surface area contributed by atoms with Gasteiger partial charge in [0.1, 0.15) is 6.04 Å². The highest BCUT2D eigenvalue weighted by Crippen LogP contribution is 2.07. The average Bonchev–Trinajstić information content (AvgIpc) is 2.34. The van der Waals surface area contributed by atoms with Crippen LogP contribution < -0.4 is 5.73 Å². The fourth-order valence-corrected chi connectivity index (χ4v) is 0.743. The van der Waals surface area contributed by atoms with E-state index in [1.807, 2.05) is 0 Å². The maximum absolute atomic E-state index is 10.3. The summed E-state index contributed by atoms with van der Waals surface area (Å²) in [5.74, 6) is -1.04. The standard InChI is InChI=1S/C6H9N3O2/c1-9-3-4(2-8-9)5(7)6(10)11/h2-3,5H,7H2,1H3,(H,10,11)/t5-/m1/s1. The molecule has 1 atom stereocenters. The first-order chi connectivity index (χ1) is 5.11. The number of carbonyl (C=O) groups is 1. The Hall–Kier alpha value is -1.36. The molecular formula is C6H9N3O2. The summed E-state index contributed by atoms with van der Waals surface area (Å²) in [4.78, 5) is 10.3. The zero-order valence-electron chi connectivity index (χ0n) is 6.06. The summed E-state index contributed by atoms with van der Waals surface area (Å²) in [6.45, 7) is 0. The summed E-state index contributed by atoms with van der Waals surface area (Å²) < 4.78 is 1.51. The minimum Gasteiger partial charge on any atom is -0.480 e. The zero-order valence-corrected chi connectivity index (χ0v) is 6.06. The smallest absolute Gasteiger partial charge is 0.325 e. The quantitative estimate of drug-likeness (QED) is 0.603. The highest BCUT2D eigenvalue weighted by molar-refractivity contribution is 5.74. The number of carboxylic acid groups (broad SMARTS) is 1. The van der Waals surface area contributed by atoms with E-state index < -0.39 is 12.0 Å². The van der Waals surface area contributed by atoms with Crippen molar-refractivity contribution in [1.29, 1.82) is 0 Å². The molecule has 0 spiro atoms. The molecule has 5 heteroatoms. The van der Waals surface area contributed by atoms with Crippen molar-refractivity contribution in [3.05, 3.63) is 18.0 Å². The Bertz CT molecular complexity index is 269. The van der Waals surface area contributed by atoms with E-state index in [1.165, 1.54) is 10.9 Å². The molecule has 0 amide bonds. The molecule has 0 aliphatic rings. The van der Waals surface area contributed by atoms with Gasteiger partial charge in [-0.2, -0.15) is 5.10 Å². The number of nitrogens with two attached hydrogens (primary N) is 1. The number of nitrogens with zero attached hydrogens (tertiary/aromatic N) is 2. The van der Waals surface area contributed by atoms with Crippen molar-refractivity contribution >= 4 is 5.97 Å². The Kier molecular flexibility index (Phi) is 1.91. The minimum absolute atomic E-state index is 0.514. The van der Waals surface area contributed by atoms with E-state index in [1.54, 1.807) is 13.2 Å². The molecule has 0 aliphatic heterocycles. The highest BCUT2D eigenvalue weighted by Gasteiger charge is 2.14. The maximum atomic E-state index is 10.3. The number of aromatic nitrogens is 2. The van der Waals surface area contributed by atoms with Gasteiger partial charge in [-0.1, -0.05) is 0 Å². The summed E-state index contributed by atoms with van der Waals surface area (Å²) in [6, 6.07) is -0.969. The average molecular weight is 155 g/mol. The van der Waals surface area contributed by atoms with Gasteiger partial charge < -0.3 is 10.8 Å². The molecule has 11 heavy (non-hydrogen) atoms. The molecule has 5 nitrogen and oxygen atoms in total. The summed E-state index contributed by atoms with van der Waals surface area (Å²) in [5.41, 5.74) is 5.81. The molecule has 0 fully saturated rings. The molecule has 0 aliphatic carbocycles. The van der Waals surface area contributed by atoms with Crippen LogP contribution in [0.5, 0.6) is 0 Å². The second-order valence-electron chi connectivity index (χ2n) is 2.26. The van der Waals surface area contributed by atoms with Crippen molar-refractivity contribution in [3.63, 3.8) is 0 Å². The molecular weight excluding hydrogens is 146 g/mol. The molecule has 1 heterocycles. The number of carboxylic acids is 1. The lowest BCUT2D eigenvalue weighted by Gasteiger charge is -2.00. The van der Waals surface area contributed by atoms with Crippen molar-refractivity contribution in [2.75, 3.05) is 0 Å². The molecule has 0 saturated carbocycles. The molecule has 0 unspecified atom stereocenters. The normalized spacial score (nSPS) is 12.9. The Morgan fingerprint density at radius 2 is 2.55 bits per heavy atom. The fourth-order valence-electron chi connectivity index (χ4n) is 0.743. The van der Waals surface area contributed by atoms with Crippen molar-refractivity contribution < 1.29 is 9.90 Å². The van der Waals surface area contributed by atoms with Crippen LogP contribution in [0.25, 0.3) is 0 Å². The van der Waals surface area contributed by atoms with E-state index in [0.717, 1.165) is 0 Å². The van der Waals surface area contributed by atoms with Gasteiger partial charge in [0, 0.05) is 18.8 Å². The number of hydrogen-bond acceptors (Lipinski definition) is 3. The third-order valence-electron chi connectivity index (χ3n) is 1.35. The first-order valence-electron chi connectivity index (χ1n) is 3.08. The third-order valence-corrected chi connectivity index (χ3v) is 1.35. The molecule has 1 rings (SSSR count). The van der Waals surface area contributed by atoms with E-state index in [0.29, 0.717) is 5.56 Å². The van der Waals surface area contributed by atoms with Gasteiger partial charge in [-0.15, -0.1) is 0 Å². The van der Waals surface area contributed by atoms with Gasteiger partial charge >= 0.3 is 5.97 Å². The lowest BCUT2D eigenvalue weighted by atomic mass is 10.2. The fraction of sp³-hybridized carbons (Fsp3) is 0.333. The second-order valence-corrected chi connectivity index (χ2v) is 2.26. The molecule has 0 radical (unpaired) electrons. The van der Waals surface area contributed by atoms with Crippen LogP contribution in [0.1, 0.15) is 11.6 Å². The number of aliphatic carboxylic acids is 1. The van der Waals surface area contributed by atoms with Gasteiger partial charge in [0.05, 0.1) is 6.20 Å². The molecule has 1 aromatic heterocycles. The predicted octanol–water partition coefficient (Wildman–Crippen LogP) is -0.496. The molecule has 1 aromatic rings. The van der Waals surface area contributed by atoms with Gasteiger partial charge in [0.25, 0.3) is 0 Å². The van der Waals surface area contributed by atoms with Crippen LogP contribution in [-0.4, -0.2) is 20.9 Å². The first kappa shape index (κ1) is 7.74. The van der Waals surface area contributed by atoms with Crippen molar-refractivity contribution in [1.82, 2.24) is 9.78 Å². The maximum Gasteiger partial charge on any atom is 0.325 e. The largest absolute Gasteiger partial charge is 0.480 e. The first-order valence-corrected chi connectivity index (χ1v) is 3.08. The van der Waals surface area contributed by atoms with Crippen molar-refractivity contribution in [2.24, 2.45) is 12.8 Å². The van der Waals surface area contributed by atoms with Gasteiger partial charge in [-0.25, -0.2) is 0 Å². The lowest BCUT2D eigenvalue weighted by molar-refractivity contribution is -0.138. The van der Waals surface area contributed by atoms with E-state index in [4.69, 9.17) is 10.8 Å². The van der Waals surface area contributed by atoms with Crippen LogP contribution in [0, 0.1) is 0 Å². The van der Waals surface area contributed by atoms with Gasteiger partial charge in [-0.05, 0) is 0 Å². The molecule has 3 N–H and O–H groups in total. The van der Waals surface area contributed by atoms with E-state index in [2.05, 4.69) is 5.10 Å². The number of rotatable bonds is 2. The summed E-state index contributed by atoms with van der Waals surface area (Å²) in [5, 5.41) is 12.3. The van der Waals surface area contributed by atoms with Crippen LogP contribution in [-0.2, 0) is 11.8 Å². The van der Waals surface area contributed by atoms with Crippen molar-refractivity contribution in [3.8, 4) is 0 Å². The van der Waals surface area contributed by atoms with E-state index in [-0.39, 0.29) is 0 Å². The summed E-state index contributed by atoms with van der Waals surface area (Å²) >= 11 is 0. The van der Waals surface area contributed by atoms with Gasteiger partial charge in [0.2, 0.25) is 0 Å². The Balaban J connectivity index is 2.84. The molecule has 0 bridgehead atoms. The Morgan fingerprint density at radius 1 is 1.91 bits per heavy atom. The third kappa shape index (κ3) is 1.56. The van der Waals surface area contributed by atoms with Gasteiger partial charge in [0.15, 0.2) is 0 Å². The van der Waals surface area contributed by atoms with E-state index in [9.17, 15) is 4.79 Å². The molecule has 0 saturated heterocycles. The SMILES string of the molecule is Cn1cc([C@@H](N)C(=O)O)cn1. The van der Waals surface area contributed by atoms with Crippen LogP contribution in [0.4, 0.5) is 0 Å². The highest BCUT2D eigenvalue weighted by atomic mass is 16.4. The van der Waals surface area contributed by atoms with Crippen molar-refractivity contribution in [2.45, 2.75) is 6.04 Å². The summed E-state index contributed by atoms with van der Waals surface area (Å²) in [7, 11) is 1.71. The zero-order chi connectivity index (χ0) is 8.43. The van der Waals surface area contributed by atoms with Crippen LogP contribution in [0.15, 0.2) is 12.4 Å². The second kappa shape index (κ2) is 2.71. The van der Waals surface area contributed by atoms with E-state index >= 15 is 0 Å². The Morgan fingerprint density at radius 3 is 2.91 bits per heavy atom. The lowest BCUT2D eigenvalue weighted by Crippen LogP contribution is -2.19. The topological polar surface area (TPSA) is 81.1 Å². The van der Waals surface area contributed by atoms with Crippen LogP contribution in [0.3, 0.4) is 0 Å². The minimum atomic E-state index is -1.04. The number of hydrogen-bond donors (Lipinski definition) is 2. The van der Waals surface area contributed by atoms with Crippen LogP contribution in [0.2, 0.25) is 0 Å². The monoisotopic (exact) mass is 155 g/mol.